The van der Waals surface area contributed by atoms with Gasteiger partial charge in [0.05, 0.1) is 4.92 Å². The highest BCUT2D eigenvalue weighted by molar-refractivity contribution is 9.10. The highest BCUT2D eigenvalue weighted by Crippen LogP contribution is 2.30. The number of nitrogens with zero attached hydrogens (tertiary/aromatic N) is 1. The zero-order valence-electron chi connectivity index (χ0n) is 10.1. The summed E-state index contributed by atoms with van der Waals surface area (Å²) in [5, 5.41) is 22.5. The quantitative estimate of drug-likeness (QED) is 0.583. The smallest absolute Gasteiger partial charge is 0.324 e. The molecule has 0 bridgehead atoms. The third-order valence-corrected chi connectivity index (χ3v) is 2.77. The van der Waals surface area contributed by atoms with Gasteiger partial charge in [-0.15, -0.1) is 0 Å². The highest BCUT2D eigenvalue weighted by atomic mass is 79.9. The van der Waals surface area contributed by atoms with Crippen LogP contribution in [0.2, 0.25) is 0 Å². The molecule has 1 unspecified atom stereocenters. The summed E-state index contributed by atoms with van der Waals surface area (Å²) in [6.07, 6.45) is 0. The summed E-state index contributed by atoms with van der Waals surface area (Å²) in [7, 11) is 0. The number of halogens is 1. The molecule has 0 aliphatic heterocycles. The average molecular weight is 333 g/mol. The molecule has 1 aromatic carbocycles. The van der Waals surface area contributed by atoms with Crippen molar-refractivity contribution in [1.29, 1.82) is 0 Å². The van der Waals surface area contributed by atoms with E-state index < -0.39 is 16.9 Å². The number of ether oxygens (including phenoxy) is 1. The highest BCUT2D eigenvalue weighted by Gasteiger charge is 2.20. The zero-order chi connectivity index (χ0) is 14.4. The van der Waals surface area contributed by atoms with Gasteiger partial charge in [0, 0.05) is 10.5 Å². The first-order chi connectivity index (χ1) is 8.95. The Hall–Kier alpha value is -1.67. The van der Waals surface area contributed by atoms with Crippen molar-refractivity contribution in [3.63, 3.8) is 0 Å². The third kappa shape index (κ3) is 4.49. The van der Waals surface area contributed by atoms with Crippen molar-refractivity contribution >= 4 is 27.6 Å². The van der Waals surface area contributed by atoms with Gasteiger partial charge < -0.3 is 15.2 Å². The number of carbonyl (C=O) groups is 1. The first kappa shape index (κ1) is 15.4. The van der Waals surface area contributed by atoms with Gasteiger partial charge in [-0.3, -0.25) is 14.9 Å². The van der Waals surface area contributed by atoms with Crippen LogP contribution in [0, 0.1) is 10.1 Å². The Bertz CT molecular complexity index is 480. The molecule has 0 saturated heterocycles. The lowest BCUT2D eigenvalue weighted by molar-refractivity contribution is -0.386. The maximum absolute atomic E-state index is 10.9. The van der Waals surface area contributed by atoms with E-state index >= 15 is 0 Å². The van der Waals surface area contributed by atoms with Crippen LogP contribution in [0.4, 0.5) is 5.69 Å². The summed E-state index contributed by atoms with van der Waals surface area (Å²) >= 11 is 3.13. The predicted octanol–water partition coefficient (Wildman–Crippen LogP) is 1.80. The number of rotatable bonds is 7. The number of likely N-dealkylation sites (N-methyl/N-ethyl adjacent to an activating group) is 1. The van der Waals surface area contributed by atoms with Crippen LogP contribution in [-0.4, -0.2) is 35.2 Å². The molecular formula is C11H13BrN2O5. The lowest BCUT2D eigenvalue weighted by Gasteiger charge is -2.14. The second-order valence-electron chi connectivity index (χ2n) is 3.63. The number of aliphatic carboxylic acids is 1. The molecule has 0 aromatic heterocycles. The van der Waals surface area contributed by atoms with Gasteiger partial charge in [-0.1, -0.05) is 22.9 Å². The normalized spacial score (nSPS) is 11.9. The molecule has 2 N–H and O–H groups in total. The van der Waals surface area contributed by atoms with Crippen LogP contribution >= 0.6 is 15.9 Å². The Morgan fingerprint density at radius 2 is 2.32 bits per heavy atom. The molecule has 104 valence electrons. The van der Waals surface area contributed by atoms with Gasteiger partial charge in [0.2, 0.25) is 0 Å². The number of carboxylic acid groups (broad SMARTS) is 1. The number of carboxylic acids is 1. The van der Waals surface area contributed by atoms with Gasteiger partial charge in [0.25, 0.3) is 0 Å². The Morgan fingerprint density at radius 3 is 2.84 bits per heavy atom. The van der Waals surface area contributed by atoms with Crippen LogP contribution in [0.1, 0.15) is 6.92 Å². The van der Waals surface area contributed by atoms with Crippen molar-refractivity contribution in [2.45, 2.75) is 13.0 Å². The lowest BCUT2D eigenvalue weighted by Crippen LogP contribution is -2.41. The summed E-state index contributed by atoms with van der Waals surface area (Å²) in [5.41, 5.74) is -0.213. The molecule has 1 atom stereocenters. The van der Waals surface area contributed by atoms with Crippen LogP contribution in [-0.2, 0) is 4.79 Å². The van der Waals surface area contributed by atoms with Gasteiger partial charge >= 0.3 is 11.7 Å². The first-order valence-corrected chi connectivity index (χ1v) is 6.28. The Morgan fingerprint density at radius 1 is 1.63 bits per heavy atom. The summed E-state index contributed by atoms with van der Waals surface area (Å²) in [5.74, 6) is -1.03. The van der Waals surface area contributed by atoms with Crippen LogP contribution in [0.25, 0.3) is 0 Å². The molecule has 1 aromatic rings. The van der Waals surface area contributed by atoms with Crippen LogP contribution < -0.4 is 10.1 Å². The number of hydrogen-bond donors (Lipinski definition) is 2. The van der Waals surface area contributed by atoms with E-state index in [0.29, 0.717) is 11.0 Å². The fraction of sp³-hybridized carbons (Fsp3) is 0.364. The van der Waals surface area contributed by atoms with E-state index in [1.165, 1.54) is 12.1 Å². The number of nitrogens with one attached hydrogen (secondary N) is 1. The third-order valence-electron chi connectivity index (χ3n) is 2.27. The second-order valence-corrected chi connectivity index (χ2v) is 4.54. The Kier molecular flexibility index (Phi) is 5.71. The fourth-order valence-electron chi connectivity index (χ4n) is 1.39. The zero-order valence-corrected chi connectivity index (χ0v) is 11.7. The molecule has 0 amide bonds. The average Bonchev–Trinajstić information content (AvgIpc) is 2.35. The van der Waals surface area contributed by atoms with E-state index in [2.05, 4.69) is 21.2 Å². The molecule has 0 heterocycles. The Labute approximate surface area is 117 Å². The van der Waals surface area contributed by atoms with E-state index in [4.69, 9.17) is 9.84 Å². The molecule has 0 spiro atoms. The molecule has 0 radical (unpaired) electrons. The minimum absolute atomic E-state index is 0.0392. The SMILES string of the molecule is CCNC(COc1ccc(Br)cc1[N+](=O)[O-])C(=O)O. The first-order valence-electron chi connectivity index (χ1n) is 5.48. The summed E-state index contributed by atoms with van der Waals surface area (Å²) in [6.45, 7) is 2.03. The largest absolute Gasteiger partial charge is 0.485 e. The van der Waals surface area contributed by atoms with Crippen molar-refractivity contribution in [3.05, 3.63) is 32.8 Å². The number of hydrogen-bond acceptors (Lipinski definition) is 5. The molecule has 0 aliphatic rings. The lowest BCUT2D eigenvalue weighted by atomic mass is 10.3. The Balaban J connectivity index is 2.82. The molecule has 0 saturated carbocycles. The number of benzene rings is 1. The summed E-state index contributed by atoms with van der Waals surface area (Å²) in [6, 6.07) is 3.41. The minimum Gasteiger partial charge on any atom is -0.485 e. The molecule has 19 heavy (non-hydrogen) atoms. The van der Waals surface area contributed by atoms with Crippen LogP contribution in [0.5, 0.6) is 5.75 Å². The van der Waals surface area contributed by atoms with Gasteiger partial charge in [0.15, 0.2) is 5.75 Å². The minimum atomic E-state index is -1.07. The van der Waals surface area contributed by atoms with Crippen molar-refractivity contribution in [1.82, 2.24) is 5.32 Å². The predicted molar refractivity (Wildman–Crippen MR) is 71.4 cm³/mol. The molecule has 0 fully saturated rings. The number of nitro benzene ring substituents is 1. The van der Waals surface area contributed by atoms with Gasteiger partial charge in [-0.2, -0.15) is 0 Å². The van der Waals surface area contributed by atoms with Crippen molar-refractivity contribution in [2.24, 2.45) is 0 Å². The maximum atomic E-state index is 10.9. The molecule has 8 heteroatoms. The van der Waals surface area contributed by atoms with Gasteiger partial charge in [-0.05, 0) is 18.7 Å². The second kappa shape index (κ2) is 7.05. The van der Waals surface area contributed by atoms with Crippen molar-refractivity contribution < 1.29 is 19.6 Å². The maximum Gasteiger partial charge on any atom is 0.324 e. The summed E-state index contributed by atoms with van der Waals surface area (Å²) in [4.78, 5) is 21.2. The van der Waals surface area contributed by atoms with Crippen molar-refractivity contribution in [2.75, 3.05) is 13.2 Å². The van der Waals surface area contributed by atoms with Gasteiger partial charge in [-0.25, -0.2) is 0 Å². The van der Waals surface area contributed by atoms with E-state index in [0.717, 1.165) is 0 Å². The van der Waals surface area contributed by atoms with Crippen molar-refractivity contribution in [3.8, 4) is 5.75 Å². The molecular weight excluding hydrogens is 320 g/mol. The van der Waals surface area contributed by atoms with E-state index in [1.807, 2.05) is 0 Å². The van der Waals surface area contributed by atoms with E-state index in [9.17, 15) is 14.9 Å². The van der Waals surface area contributed by atoms with E-state index in [1.54, 1.807) is 13.0 Å². The van der Waals surface area contributed by atoms with Crippen LogP contribution in [0.15, 0.2) is 22.7 Å². The monoisotopic (exact) mass is 332 g/mol. The van der Waals surface area contributed by atoms with Gasteiger partial charge in [0.1, 0.15) is 12.6 Å². The standard InChI is InChI=1S/C11H13BrN2O5/c1-2-13-8(11(15)16)6-19-10-4-3-7(12)5-9(10)14(17)18/h3-5,8,13H,2,6H2,1H3,(H,15,16). The fourth-order valence-corrected chi connectivity index (χ4v) is 1.74. The van der Waals surface area contributed by atoms with E-state index in [-0.39, 0.29) is 18.0 Å². The topological polar surface area (TPSA) is 102 Å². The molecule has 7 nitrogen and oxygen atoms in total. The number of nitro groups is 1. The molecule has 1 rings (SSSR count). The summed E-state index contributed by atoms with van der Waals surface area (Å²) < 4.78 is 5.77. The molecule has 0 aliphatic carbocycles. The van der Waals surface area contributed by atoms with Crippen LogP contribution in [0.3, 0.4) is 0 Å².